The third-order valence-electron chi connectivity index (χ3n) is 3.57. The highest BCUT2D eigenvalue weighted by Crippen LogP contribution is 2.28. The van der Waals surface area contributed by atoms with Crippen molar-refractivity contribution in [3.8, 4) is 5.88 Å². The molecule has 2 aromatic heterocycles. The van der Waals surface area contributed by atoms with Gasteiger partial charge in [0.05, 0.1) is 7.11 Å². The minimum Gasteiger partial charge on any atom is -0.479 e. The van der Waals surface area contributed by atoms with Crippen molar-refractivity contribution in [3.05, 3.63) is 12.2 Å². The second kappa shape index (κ2) is 4.53. The predicted octanol–water partition coefficient (Wildman–Crippen LogP) is 1.17. The van der Waals surface area contributed by atoms with E-state index in [-0.39, 0.29) is 0 Å². The van der Waals surface area contributed by atoms with E-state index in [1.165, 1.54) is 6.33 Å². The summed E-state index contributed by atoms with van der Waals surface area (Å²) in [5, 5.41) is 0. The molecule has 0 spiro atoms. The standard InChI is InChI=1S/C12H17N5O/c1-17-5-3-8(4-6-17)10-15-9-11(16-10)13-7-14-12(9)18-2/h7-8H,3-6H2,1-2H3,(H,13,14,15,16). The number of methoxy groups -OCH3 is 1. The van der Waals surface area contributed by atoms with Crippen LogP contribution in [0.3, 0.4) is 0 Å². The number of likely N-dealkylation sites (tertiary alicyclic amines) is 1. The Hall–Kier alpha value is -1.69. The summed E-state index contributed by atoms with van der Waals surface area (Å²) in [6, 6.07) is 0. The third-order valence-corrected chi connectivity index (χ3v) is 3.57. The number of hydrogen-bond donors (Lipinski definition) is 1. The topological polar surface area (TPSA) is 66.9 Å². The molecule has 0 atom stereocenters. The summed E-state index contributed by atoms with van der Waals surface area (Å²) in [4.78, 5) is 18.5. The number of imidazole rings is 1. The van der Waals surface area contributed by atoms with Crippen molar-refractivity contribution in [1.82, 2.24) is 24.8 Å². The van der Waals surface area contributed by atoms with Crippen molar-refractivity contribution in [2.45, 2.75) is 18.8 Å². The molecule has 0 unspecified atom stereocenters. The van der Waals surface area contributed by atoms with Gasteiger partial charge in [0.2, 0.25) is 5.88 Å². The molecule has 0 radical (unpaired) electrons. The first-order valence-corrected chi connectivity index (χ1v) is 6.21. The van der Waals surface area contributed by atoms with Crippen LogP contribution in [0.1, 0.15) is 24.6 Å². The fraction of sp³-hybridized carbons (Fsp3) is 0.583. The van der Waals surface area contributed by atoms with Gasteiger partial charge in [-0.1, -0.05) is 0 Å². The quantitative estimate of drug-likeness (QED) is 0.863. The highest BCUT2D eigenvalue weighted by molar-refractivity contribution is 5.75. The lowest BCUT2D eigenvalue weighted by atomic mass is 9.97. The zero-order valence-corrected chi connectivity index (χ0v) is 10.7. The molecule has 96 valence electrons. The monoisotopic (exact) mass is 247 g/mol. The second-order valence-corrected chi connectivity index (χ2v) is 4.78. The highest BCUT2D eigenvalue weighted by Gasteiger charge is 2.22. The summed E-state index contributed by atoms with van der Waals surface area (Å²) < 4.78 is 5.21. The summed E-state index contributed by atoms with van der Waals surface area (Å²) in [5.41, 5.74) is 1.49. The van der Waals surface area contributed by atoms with Crippen molar-refractivity contribution in [1.29, 1.82) is 0 Å². The van der Waals surface area contributed by atoms with E-state index in [1.54, 1.807) is 7.11 Å². The van der Waals surface area contributed by atoms with Crippen LogP contribution in [-0.4, -0.2) is 52.1 Å². The lowest BCUT2D eigenvalue weighted by Crippen LogP contribution is -2.29. The molecule has 18 heavy (non-hydrogen) atoms. The number of ether oxygens (including phenoxy) is 1. The van der Waals surface area contributed by atoms with Gasteiger partial charge in [-0.25, -0.2) is 9.97 Å². The first kappa shape index (κ1) is 11.4. The van der Waals surface area contributed by atoms with Crippen molar-refractivity contribution in [2.75, 3.05) is 27.2 Å². The maximum atomic E-state index is 5.21. The average Bonchev–Trinajstić information content (AvgIpc) is 2.83. The molecule has 0 saturated carbocycles. The minimum atomic E-state index is 0.486. The van der Waals surface area contributed by atoms with Crippen LogP contribution in [0.5, 0.6) is 5.88 Å². The Bertz CT molecular complexity index is 544. The molecule has 3 heterocycles. The maximum absolute atomic E-state index is 5.21. The summed E-state index contributed by atoms with van der Waals surface area (Å²) in [6.07, 6.45) is 3.75. The lowest BCUT2D eigenvalue weighted by Gasteiger charge is -2.27. The van der Waals surface area contributed by atoms with Crippen LogP contribution in [0.25, 0.3) is 11.2 Å². The van der Waals surface area contributed by atoms with Gasteiger partial charge in [-0.3, -0.25) is 0 Å². The molecule has 0 aromatic carbocycles. The highest BCUT2D eigenvalue weighted by atomic mass is 16.5. The molecular formula is C12H17N5O. The van der Waals surface area contributed by atoms with Gasteiger partial charge >= 0.3 is 0 Å². The summed E-state index contributed by atoms with van der Waals surface area (Å²) in [6.45, 7) is 2.23. The minimum absolute atomic E-state index is 0.486. The first-order chi connectivity index (χ1) is 8.78. The van der Waals surface area contributed by atoms with E-state index in [0.717, 1.165) is 37.3 Å². The van der Waals surface area contributed by atoms with Crippen LogP contribution in [0.4, 0.5) is 0 Å². The largest absolute Gasteiger partial charge is 0.479 e. The third kappa shape index (κ3) is 1.92. The maximum Gasteiger partial charge on any atom is 0.242 e. The number of rotatable bonds is 2. The molecular weight excluding hydrogens is 230 g/mol. The number of hydrogen-bond acceptors (Lipinski definition) is 5. The van der Waals surface area contributed by atoms with E-state index >= 15 is 0 Å². The molecule has 1 aliphatic heterocycles. The number of fused-ring (bicyclic) bond motifs is 1. The lowest BCUT2D eigenvalue weighted by molar-refractivity contribution is 0.252. The van der Waals surface area contributed by atoms with Gasteiger partial charge in [0.15, 0.2) is 5.65 Å². The van der Waals surface area contributed by atoms with Crippen molar-refractivity contribution in [2.24, 2.45) is 0 Å². The van der Waals surface area contributed by atoms with Gasteiger partial charge in [0, 0.05) is 5.92 Å². The Morgan fingerprint density at radius 1 is 1.33 bits per heavy atom. The van der Waals surface area contributed by atoms with E-state index < -0.39 is 0 Å². The molecule has 0 bridgehead atoms. The Morgan fingerprint density at radius 2 is 2.11 bits per heavy atom. The fourth-order valence-electron chi connectivity index (χ4n) is 2.46. The van der Waals surface area contributed by atoms with E-state index in [2.05, 4.69) is 31.9 Å². The van der Waals surface area contributed by atoms with Crippen LogP contribution in [0.2, 0.25) is 0 Å². The van der Waals surface area contributed by atoms with E-state index in [0.29, 0.717) is 17.4 Å². The Kier molecular flexibility index (Phi) is 2.87. The number of aromatic nitrogens is 4. The molecule has 2 aromatic rings. The van der Waals surface area contributed by atoms with Gasteiger partial charge in [0.1, 0.15) is 17.7 Å². The predicted molar refractivity (Wildman–Crippen MR) is 67.7 cm³/mol. The van der Waals surface area contributed by atoms with Gasteiger partial charge in [-0.05, 0) is 33.0 Å². The van der Waals surface area contributed by atoms with Crippen LogP contribution >= 0.6 is 0 Å². The van der Waals surface area contributed by atoms with Crippen LogP contribution in [0.15, 0.2) is 6.33 Å². The van der Waals surface area contributed by atoms with Crippen molar-refractivity contribution in [3.63, 3.8) is 0 Å². The molecule has 6 heteroatoms. The van der Waals surface area contributed by atoms with Gasteiger partial charge in [0.25, 0.3) is 0 Å². The Morgan fingerprint density at radius 3 is 2.83 bits per heavy atom. The molecule has 0 amide bonds. The number of nitrogens with zero attached hydrogens (tertiary/aromatic N) is 4. The summed E-state index contributed by atoms with van der Waals surface area (Å²) in [7, 11) is 3.77. The van der Waals surface area contributed by atoms with E-state index in [1.807, 2.05) is 0 Å². The van der Waals surface area contributed by atoms with Crippen molar-refractivity contribution < 1.29 is 4.74 Å². The summed E-state index contributed by atoms with van der Waals surface area (Å²) >= 11 is 0. The van der Waals surface area contributed by atoms with Gasteiger partial charge in [-0.2, -0.15) is 4.98 Å². The number of nitrogens with one attached hydrogen (secondary N) is 1. The zero-order chi connectivity index (χ0) is 12.5. The number of H-pyrrole nitrogens is 1. The summed E-state index contributed by atoms with van der Waals surface area (Å²) in [5.74, 6) is 2.06. The smallest absolute Gasteiger partial charge is 0.242 e. The SMILES string of the molecule is COc1ncnc2nc(C3CCN(C)CC3)[nH]c12. The first-order valence-electron chi connectivity index (χ1n) is 6.21. The van der Waals surface area contributed by atoms with Crippen molar-refractivity contribution >= 4 is 11.2 Å². The molecule has 1 saturated heterocycles. The Balaban J connectivity index is 1.93. The second-order valence-electron chi connectivity index (χ2n) is 4.78. The Labute approximate surface area is 105 Å². The molecule has 1 aliphatic rings. The van der Waals surface area contributed by atoms with E-state index in [4.69, 9.17) is 4.74 Å². The molecule has 6 nitrogen and oxygen atoms in total. The normalized spacial score (nSPS) is 18.3. The number of aromatic amines is 1. The molecule has 3 rings (SSSR count). The average molecular weight is 247 g/mol. The molecule has 0 aliphatic carbocycles. The molecule has 1 N–H and O–H groups in total. The van der Waals surface area contributed by atoms with Crippen LogP contribution in [-0.2, 0) is 0 Å². The van der Waals surface area contributed by atoms with E-state index in [9.17, 15) is 0 Å². The number of piperidine rings is 1. The van der Waals surface area contributed by atoms with Crippen LogP contribution < -0.4 is 4.74 Å². The van der Waals surface area contributed by atoms with Gasteiger partial charge in [-0.15, -0.1) is 0 Å². The fourth-order valence-corrected chi connectivity index (χ4v) is 2.46. The zero-order valence-electron chi connectivity index (χ0n) is 10.7. The van der Waals surface area contributed by atoms with Gasteiger partial charge < -0.3 is 14.6 Å². The molecule has 1 fully saturated rings. The van der Waals surface area contributed by atoms with Crippen LogP contribution in [0, 0.1) is 0 Å².